The zero-order valence-corrected chi connectivity index (χ0v) is 17.6. The third-order valence-corrected chi connectivity index (χ3v) is 5.50. The van der Waals surface area contributed by atoms with Crippen molar-refractivity contribution in [1.29, 1.82) is 0 Å². The molecule has 1 aromatic carbocycles. The number of nitrogens with zero attached hydrogens (tertiary/aromatic N) is 3. The summed E-state index contributed by atoms with van der Waals surface area (Å²) in [4.78, 5) is 11.3. The lowest BCUT2D eigenvalue weighted by Gasteiger charge is -2.34. The van der Waals surface area contributed by atoms with Gasteiger partial charge in [-0.05, 0) is 49.8 Å². The largest absolute Gasteiger partial charge is 0.356 e. The Balaban J connectivity index is 1.45. The summed E-state index contributed by atoms with van der Waals surface area (Å²) < 4.78 is 0. The monoisotopic (exact) mass is 379 g/mol. The van der Waals surface area contributed by atoms with Gasteiger partial charge in [0.05, 0.1) is 0 Å². The van der Waals surface area contributed by atoms with E-state index in [1.54, 1.807) is 0 Å². The fourth-order valence-electron chi connectivity index (χ4n) is 3.55. The van der Waals surface area contributed by atoms with Crippen LogP contribution in [0.3, 0.4) is 0 Å². The van der Waals surface area contributed by atoms with Crippen LogP contribution in [0.2, 0.25) is 0 Å². The minimum Gasteiger partial charge on any atom is -0.356 e. The molecule has 1 aliphatic rings. The van der Waals surface area contributed by atoms with E-state index in [-0.39, 0.29) is 0 Å². The second-order valence-electron chi connectivity index (χ2n) is 7.86. The fraction of sp³-hybridized carbons (Fsp3) is 0.478. The summed E-state index contributed by atoms with van der Waals surface area (Å²) in [6.45, 7) is 9.35. The highest BCUT2D eigenvalue weighted by atomic mass is 15.2. The highest BCUT2D eigenvalue weighted by Gasteiger charge is 2.21. The summed E-state index contributed by atoms with van der Waals surface area (Å²) in [7, 11) is 1.84. The number of nitrogens with one attached hydrogen (secondary N) is 2. The highest BCUT2D eigenvalue weighted by molar-refractivity contribution is 5.80. The van der Waals surface area contributed by atoms with Gasteiger partial charge in [0.1, 0.15) is 5.82 Å². The number of aliphatic imine (C=N–C) groups is 1. The van der Waals surface area contributed by atoms with Crippen molar-refractivity contribution in [2.45, 2.75) is 45.6 Å². The van der Waals surface area contributed by atoms with E-state index in [0.717, 1.165) is 44.3 Å². The van der Waals surface area contributed by atoms with Crippen LogP contribution in [0.25, 0.3) is 0 Å². The Kier molecular flexibility index (Phi) is 6.90. The number of aromatic nitrogens is 1. The summed E-state index contributed by atoms with van der Waals surface area (Å²) in [5.41, 5.74) is 3.86. The summed E-state index contributed by atoms with van der Waals surface area (Å²) in [5.74, 6) is 2.41. The van der Waals surface area contributed by atoms with Gasteiger partial charge in [-0.3, -0.25) is 4.99 Å². The molecule has 5 heteroatoms. The zero-order chi connectivity index (χ0) is 19.9. The Morgan fingerprint density at radius 2 is 1.79 bits per heavy atom. The maximum atomic E-state index is 4.56. The first kappa shape index (κ1) is 20.2. The number of hydrogen-bond donors (Lipinski definition) is 2. The molecule has 150 valence electrons. The molecule has 1 aromatic heterocycles. The molecule has 1 atom stereocenters. The molecule has 1 saturated heterocycles. The van der Waals surface area contributed by atoms with E-state index in [9.17, 15) is 0 Å². The van der Waals surface area contributed by atoms with E-state index in [1.165, 1.54) is 16.7 Å². The molecule has 0 spiro atoms. The predicted octanol–water partition coefficient (Wildman–Crippen LogP) is 3.64. The van der Waals surface area contributed by atoms with E-state index in [0.29, 0.717) is 12.0 Å². The van der Waals surface area contributed by atoms with Gasteiger partial charge in [0.25, 0.3) is 0 Å². The molecule has 5 nitrogen and oxygen atoms in total. The van der Waals surface area contributed by atoms with Crippen LogP contribution in [-0.4, -0.2) is 43.7 Å². The first-order valence-electron chi connectivity index (χ1n) is 10.3. The van der Waals surface area contributed by atoms with Gasteiger partial charge in [0.2, 0.25) is 0 Å². The molecule has 0 aliphatic carbocycles. The topological polar surface area (TPSA) is 52.6 Å². The number of guanidine groups is 1. The summed E-state index contributed by atoms with van der Waals surface area (Å²) in [5, 5.41) is 7.09. The van der Waals surface area contributed by atoms with Crippen molar-refractivity contribution >= 4 is 11.8 Å². The van der Waals surface area contributed by atoms with Crippen LogP contribution in [0.1, 0.15) is 42.4 Å². The van der Waals surface area contributed by atoms with Crippen molar-refractivity contribution in [2.24, 2.45) is 4.99 Å². The molecular weight excluding hydrogens is 346 g/mol. The molecule has 28 heavy (non-hydrogen) atoms. The molecule has 3 rings (SSSR count). The first-order valence-corrected chi connectivity index (χ1v) is 10.3. The average molecular weight is 380 g/mol. The first-order chi connectivity index (χ1) is 13.5. The maximum Gasteiger partial charge on any atom is 0.191 e. The molecule has 1 unspecified atom stereocenters. The Morgan fingerprint density at radius 1 is 1.11 bits per heavy atom. The van der Waals surface area contributed by atoms with Gasteiger partial charge >= 0.3 is 0 Å². The molecule has 0 radical (unpaired) electrons. The third-order valence-electron chi connectivity index (χ3n) is 5.50. The SMILES string of the molecule is CN=C(NCC(C)c1ccc(C)cc1)NC1CCN(c2ccc(C)cn2)CC1. The molecule has 2 N–H and O–H groups in total. The van der Waals surface area contributed by atoms with Crippen molar-refractivity contribution in [2.75, 3.05) is 31.6 Å². The lowest BCUT2D eigenvalue weighted by Crippen LogP contribution is -2.49. The number of piperidine rings is 1. The molecule has 1 fully saturated rings. The standard InChI is InChI=1S/C23H33N5/c1-17-5-8-20(9-6-17)19(3)16-26-23(24-4)27-21-11-13-28(14-12-21)22-10-7-18(2)15-25-22/h5-10,15,19,21H,11-14,16H2,1-4H3,(H2,24,26,27). The molecule has 1 aliphatic heterocycles. The van der Waals surface area contributed by atoms with Crippen LogP contribution in [0.5, 0.6) is 0 Å². The van der Waals surface area contributed by atoms with Gasteiger partial charge < -0.3 is 15.5 Å². The normalized spacial score (nSPS) is 16.7. The Hall–Kier alpha value is -2.56. The van der Waals surface area contributed by atoms with Crippen molar-refractivity contribution in [3.63, 3.8) is 0 Å². The van der Waals surface area contributed by atoms with Crippen molar-refractivity contribution in [3.8, 4) is 0 Å². The van der Waals surface area contributed by atoms with Crippen molar-refractivity contribution < 1.29 is 0 Å². The molecule has 0 bridgehead atoms. The third kappa shape index (κ3) is 5.47. The Labute approximate surface area is 169 Å². The van der Waals surface area contributed by atoms with Crippen molar-refractivity contribution in [1.82, 2.24) is 15.6 Å². The lowest BCUT2D eigenvalue weighted by atomic mass is 10.00. The van der Waals surface area contributed by atoms with Gasteiger partial charge in [-0.25, -0.2) is 4.98 Å². The quantitative estimate of drug-likeness (QED) is 0.615. The van der Waals surface area contributed by atoms with E-state index >= 15 is 0 Å². The highest BCUT2D eigenvalue weighted by Crippen LogP contribution is 2.18. The van der Waals surface area contributed by atoms with Gasteiger partial charge in [0, 0.05) is 38.9 Å². The van der Waals surface area contributed by atoms with Crippen LogP contribution < -0.4 is 15.5 Å². The van der Waals surface area contributed by atoms with Crippen LogP contribution in [-0.2, 0) is 0 Å². The van der Waals surface area contributed by atoms with E-state index < -0.39 is 0 Å². The van der Waals surface area contributed by atoms with Crippen LogP contribution in [0, 0.1) is 13.8 Å². The van der Waals surface area contributed by atoms with Crippen LogP contribution in [0.4, 0.5) is 5.82 Å². The van der Waals surface area contributed by atoms with E-state index in [1.807, 2.05) is 13.2 Å². The maximum absolute atomic E-state index is 4.56. The molecule has 0 amide bonds. The van der Waals surface area contributed by atoms with Gasteiger partial charge in [0.15, 0.2) is 5.96 Å². The summed E-state index contributed by atoms with van der Waals surface area (Å²) in [6.07, 6.45) is 4.12. The number of anilines is 1. The minimum absolute atomic E-state index is 0.439. The molecule has 2 aromatic rings. The predicted molar refractivity (Wildman–Crippen MR) is 118 cm³/mol. The number of pyridine rings is 1. The number of hydrogen-bond acceptors (Lipinski definition) is 3. The van der Waals surface area contributed by atoms with Crippen molar-refractivity contribution in [3.05, 3.63) is 59.3 Å². The van der Waals surface area contributed by atoms with Gasteiger partial charge in [-0.2, -0.15) is 0 Å². The second-order valence-corrected chi connectivity index (χ2v) is 7.86. The number of aryl methyl sites for hydroxylation is 2. The molecular formula is C23H33N5. The average Bonchev–Trinajstić information content (AvgIpc) is 2.72. The van der Waals surface area contributed by atoms with Crippen LogP contribution in [0.15, 0.2) is 47.6 Å². The zero-order valence-electron chi connectivity index (χ0n) is 17.6. The lowest BCUT2D eigenvalue weighted by molar-refractivity contribution is 0.459. The van der Waals surface area contributed by atoms with Gasteiger partial charge in [-0.15, -0.1) is 0 Å². The van der Waals surface area contributed by atoms with E-state index in [4.69, 9.17) is 0 Å². The Morgan fingerprint density at radius 3 is 2.39 bits per heavy atom. The number of rotatable bonds is 5. The number of benzene rings is 1. The molecule has 2 heterocycles. The molecule has 0 saturated carbocycles. The van der Waals surface area contributed by atoms with Crippen LogP contribution >= 0.6 is 0 Å². The smallest absolute Gasteiger partial charge is 0.191 e. The Bertz CT molecular complexity index is 759. The fourth-order valence-corrected chi connectivity index (χ4v) is 3.55. The second kappa shape index (κ2) is 9.58. The summed E-state index contributed by atoms with van der Waals surface area (Å²) >= 11 is 0. The van der Waals surface area contributed by atoms with E-state index in [2.05, 4.69) is 82.7 Å². The minimum atomic E-state index is 0.439. The van der Waals surface area contributed by atoms with Gasteiger partial charge in [-0.1, -0.05) is 42.8 Å². The summed E-state index contributed by atoms with van der Waals surface area (Å²) in [6, 6.07) is 13.5.